The van der Waals surface area contributed by atoms with Crippen molar-refractivity contribution in [3.8, 4) is 0 Å². The lowest BCUT2D eigenvalue weighted by Gasteiger charge is -2.37. The first-order valence-corrected chi connectivity index (χ1v) is 5.07. The molecule has 0 spiro atoms. The van der Waals surface area contributed by atoms with Crippen molar-refractivity contribution in [2.45, 2.75) is 18.6 Å². The number of nitrogens with one attached hydrogen (secondary N) is 1. The Morgan fingerprint density at radius 2 is 2.17 bits per heavy atom. The van der Waals surface area contributed by atoms with Gasteiger partial charge in [0.2, 0.25) is 5.91 Å². The third kappa shape index (κ3) is 1.71. The number of hydrogen-bond acceptors (Lipinski definition) is 3. The first-order chi connectivity index (χ1) is 8.25. The number of primary amides is 1. The molecule has 1 aliphatic heterocycles. The van der Waals surface area contributed by atoms with Crippen molar-refractivity contribution < 1.29 is 18.0 Å². The second-order valence-electron chi connectivity index (χ2n) is 4.11. The number of nitrogens with two attached hydrogens (primary N) is 1. The molecular weight excluding hydrogens is 247 g/mol. The standard InChI is InChI=1S/C11H10F3N3O/c1-10(11(12,13)14)7(8(15)18)5-6-3-2-4-16-9(6)17-10/h2-5H,1H3,(H2,15,18)(H,16,17). The van der Waals surface area contributed by atoms with Gasteiger partial charge in [-0.1, -0.05) is 0 Å². The number of nitrogens with zero attached hydrogens (tertiary/aromatic N) is 1. The summed E-state index contributed by atoms with van der Waals surface area (Å²) in [4.78, 5) is 15.0. The van der Waals surface area contributed by atoms with Gasteiger partial charge in [-0.05, 0) is 25.1 Å². The predicted octanol–water partition coefficient (Wildman–Crippen LogP) is 1.70. The van der Waals surface area contributed by atoms with Crippen LogP contribution in [0.4, 0.5) is 19.0 Å². The average Bonchev–Trinajstić information content (AvgIpc) is 2.26. The Morgan fingerprint density at radius 3 is 2.72 bits per heavy atom. The topological polar surface area (TPSA) is 68.0 Å². The van der Waals surface area contributed by atoms with E-state index in [1.165, 1.54) is 6.20 Å². The van der Waals surface area contributed by atoms with Crippen LogP contribution < -0.4 is 11.1 Å². The Balaban J connectivity index is 2.63. The molecule has 0 fully saturated rings. The summed E-state index contributed by atoms with van der Waals surface area (Å²) < 4.78 is 39.3. The zero-order chi connectivity index (χ0) is 13.6. The number of anilines is 1. The van der Waals surface area contributed by atoms with Gasteiger partial charge in [-0.3, -0.25) is 4.79 Å². The van der Waals surface area contributed by atoms with Crippen LogP contribution in [0.1, 0.15) is 12.5 Å². The van der Waals surface area contributed by atoms with E-state index in [1.54, 1.807) is 12.1 Å². The largest absolute Gasteiger partial charge is 0.415 e. The highest BCUT2D eigenvalue weighted by molar-refractivity contribution is 6.02. The fraction of sp³-hybridized carbons (Fsp3) is 0.273. The van der Waals surface area contributed by atoms with Crippen LogP contribution in [-0.2, 0) is 4.79 Å². The summed E-state index contributed by atoms with van der Waals surface area (Å²) in [5.41, 5.74) is 2.37. The van der Waals surface area contributed by atoms with Gasteiger partial charge in [0.1, 0.15) is 5.82 Å². The van der Waals surface area contributed by atoms with Crippen LogP contribution in [0, 0.1) is 0 Å². The number of alkyl halides is 3. The highest BCUT2D eigenvalue weighted by Crippen LogP contribution is 2.42. The number of pyridine rings is 1. The number of hydrogen-bond donors (Lipinski definition) is 2. The summed E-state index contributed by atoms with van der Waals surface area (Å²) in [6.07, 6.45) is -2.18. The molecule has 4 nitrogen and oxygen atoms in total. The van der Waals surface area contributed by atoms with E-state index in [0.29, 0.717) is 5.56 Å². The first kappa shape index (κ1) is 12.4. The summed E-state index contributed by atoms with van der Waals surface area (Å²) in [6, 6.07) is 3.11. The lowest BCUT2D eigenvalue weighted by molar-refractivity contribution is -0.165. The minimum Gasteiger partial charge on any atom is -0.366 e. The van der Waals surface area contributed by atoms with E-state index in [1.807, 2.05) is 0 Å². The van der Waals surface area contributed by atoms with Gasteiger partial charge in [-0.2, -0.15) is 13.2 Å². The Bertz CT molecular complexity index is 539. The Labute approximate surface area is 101 Å². The molecular formula is C11H10F3N3O. The smallest absolute Gasteiger partial charge is 0.366 e. The highest BCUT2D eigenvalue weighted by atomic mass is 19.4. The quantitative estimate of drug-likeness (QED) is 0.804. The average molecular weight is 257 g/mol. The normalized spacial score (nSPS) is 22.8. The fourth-order valence-corrected chi connectivity index (χ4v) is 1.78. The third-order valence-electron chi connectivity index (χ3n) is 2.88. The van der Waals surface area contributed by atoms with Crippen molar-refractivity contribution in [3.63, 3.8) is 0 Å². The van der Waals surface area contributed by atoms with Crippen LogP contribution >= 0.6 is 0 Å². The van der Waals surface area contributed by atoms with E-state index in [4.69, 9.17) is 5.73 Å². The maximum atomic E-state index is 13.1. The first-order valence-electron chi connectivity index (χ1n) is 5.07. The molecule has 0 aromatic carbocycles. The van der Waals surface area contributed by atoms with Crippen molar-refractivity contribution in [3.05, 3.63) is 29.5 Å². The lowest BCUT2D eigenvalue weighted by Crippen LogP contribution is -2.55. The summed E-state index contributed by atoms with van der Waals surface area (Å²) in [5.74, 6) is -1.04. The van der Waals surface area contributed by atoms with Crippen molar-refractivity contribution in [1.29, 1.82) is 0 Å². The second-order valence-corrected chi connectivity index (χ2v) is 4.11. The van der Waals surface area contributed by atoms with Crippen LogP contribution in [0.3, 0.4) is 0 Å². The number of carbonyl (C=O) groups excluding carboxylic acids is 1. The Morgan fingerprint density at radius 1 is 1.50 bits per heavy atom. The lowest BCUT2D eigenvalue weighted by atomic mass is 9.86. The molecule has 0 saturated heterocycles. The molecule has 3 N–H and O–H groups in total. The number of rotatable bonds is 1. The number of fused-ring (bicyclic) bond motifs is 1. The summed E-state index contributed by atoms with van der Waals surface area (Å²) in [7, 11) is 0. The highest BCUT2D eigenvalue weighted by Gasteiger charge is 2.56. The number of amides is 1. The molecule has 0 saturated carbocycles. The van der Waals surface area contributed by atoms with Gasteiger partial charge in [-0.25, -0.2) is 4.98 Å². The number of halogens is 3. The van der Waals surface area contributed by atoms with Crippen LogP contribution in [0.25, 0.3) is 6.08 Å². The molecule has 1 aromatic rings. The zero-order valence-corrected chi connectivity index (χ0v) is 9.38. The Hall–Kier alpha value is -2.05. The predicted molar refractivity (Wildman–Crippen MR) is 59.5 cm³/mol. The molecule has 0 aliphatic carbocycles. The minimum atomic E-state index is -4.66. The van der Waals surface area contributed by atoms with Crippen molar-refractivity contribution in [2.24, 2.45) is 5.73 Å². The van der Waals surface area contributed by atoms with Crippen LogP contribution in [0.2, 0.25) is 0 Å². The number of aromatic nitrogens is 1. The van der Waals surface area contributed by atoms with Gasteiger partial charge < -0.3 is 11.1 Å². The Kier molecular flexibility index (Phi) is 2.57. The molecule has 96 valence electrons. The molecule has 2 rings (SSSR count). The maximum absolute atomic E-state index is 13.1. The molecule has 0 bridgehead atoms. The molecule has 18 heavy (non-hydrogen) atoms. The van der Waals surface area contributed by atoms with Gasteiger partial charge >= 0.3 is 6.18 Å². The van der Waals surface area contributed by atoms with Crippen molar-refractivity contribution >= 4 is 17.8 Å². The maximum Gasteiger partial charge on any atom is 0.415 e. The van der Waals surface area contributed by atoms with Crippen LogP contribution in [-0.4, -0.2) is 22.6 Å². The SMILES string of the molecule is CC1(C(F)(F)F)Nc2ncccc2C=C1C(N)=O. The summed E-state index contributed by atoms with van der Waals surface area (Å²) in [5, 5.41) is 2.24. The third-order valence-corrected chi connectivity index (χ3v) is 2.88. The molecule has 7 heteroatoms. The molecule has 2 heterocycles. The molecule has 0 radical (unpaired) electrons. The monoisotopic (exact) mass is 257 g/mol. The second kappa shape index (κ2) is 3.72. The van der Waals surface area contributed by atoms with Crippen molar-refractivity contribution in [1.82, 2.24) is 4.98 Å². The van der Waals surface area contributed by atoms with Gasteiger partial charge in [0, 0.05) is 11.8 Å². The van der Waals surface area contributed by atoms with E-state index in [2.05, 4.69) is 10.3 Å². The summed E-state index contributed by atoms with van der Waals surface area (Å²) in [6.45, 7) is 0.862. The zero-order valence-electron chi connectivity index (χ0n) is 9.38. The van der Waals surface area contributed by atoms with E-state index < -0.39 is 23.2 Å². The summed E-state index contributed by atoms with van der Waals surface area (Å²) >= 11 is 0. The molecule has 1 aromatic heterocycles. The van der Waals surface area contributed by atoms with E-state index in [0.717, 1.165) is 13.0 Å². The van der Waals surface area contributed by atoms with Crippen molar-refractivity contribution in [2.75, 3.05) is 5.32 Å². The van der Waals surface area contributed by atoms with Gasteiger partial charge in [-0.15, -0.1) is 0 Å². The van der Waals surface area contributed by atoms with Gasteiger partial charge in [0.15, 0.2) is 5.54 Å². The van der Waals surface area contributed by atoms with Crippen LogP contribution in [0.15, 0.2) is 23.9 Å². The minimum absolute atomic E-state index is 0.0716. The van der Waals surface area contributed by atoms with E-state index >= 15 is 0 Å². The molecule has 1 atom stereocenters. The van der Waals surface area contributed by atoms with Crippen LogP contribution in [0.5, 0.6) is 0 Å². The molecule has 1 aliphatic rings. The van der Waals surface area contributed by atoms with Gasteiger partial charge in [0.25, 0.3) is 0 Å². The number of carbonyl (C=O) groups is 1. The fourth-order valence-electron chi connectivity index (χ4n) is 1.78. The van der Waals surface area contributed by atoms with Gasteiger partial charge in [0.05, 0.1) is 5.57 Å². The molecule has 1 unspecified atom stereocenters. The van der Waals surface area contributed by atoms with E-state index in [-0.39, 0.29) is 5.82 Å². The molecule has 1 amide bonds. The van der Waals surface area contributed by atoms with E-state index in [9.17, 15) is 18.0 Å².